The molecule has 0 fully saturated rings. The highest BCUT2D eigenvalue weighted by molar-refractivity contribution is 5.77. The van der Waals surface area contributed by atoms with Gasteiger partial charge in [0.05, 0.1) is 6.54 Å². The first-order valence-electron chi connectivity index (χ1n) is 7.48. The highest BCUT2D eigenvalue weighted by Gasteiger charge is 2.10. The molecular weight excluding hydrogens is 266 g/mol. The summed E-state index contributed by atoms with van der Waals surface area (Å²) in [4.78, 5) is 14.1. The Kier molecular flexibility index (Phi) is 8.47. The van der Waals surface area contributed by atoms with E-state index in [1.807, 2.05) is 24.3 Å². The van der Waals surface area contributed by atoms with Crippen molar-refractivity contribution in [1.29, 1.82) is 0 Å². The van der Waals surface area contributed by atoms with Crippen molar-refractivity contribution in [2.75, 3.05) is 39.1 Å². The molecule has 5 nitrogen and oxygen atoms in total. The Balaban J connectivity index is 2.43. The van der Waals surface area contributed by atoms with Gasteiger partial charge in [0.1, 0.15) is 0 Å². The van der Waals surface area contributed by atoms with Crippen LogP contribution in [-0.2, 0) is 16.1 Å². The Bertz CT molecular complexity index is 424. The highest BCUT2D eigenvalue weighted by atomic mass is 16.5. The molecule has 5 heteroatoms. The average Bonchev–Trinajstić information content (AvgIpc) is 2.44. The van der Waals surface area contributed by atoms with Crippen molar-refractivity contribution in [1.82, 2.24) is 10.2 Å². The molecule has 0 saturated carbocycles. The van der Waals surface area contributed by atoms with Gasteiger partial charge < -0.3 is 15.8 Å². The number of nitrogens with zero attached hydrogens (tertiary/aromatic N) is 1. The van der Waals surface area contributed by atoms with E-state index in [4.69, 9.17) is 10.5 Å². The number of rotatable bonds is 10. The molecule has 1 aromatic carbocycles. The van der Waals surface area contributed by atoms with Crippen LogP contribution in [0.4, 0.5) is 5.69 Å². The van der Waals surface area contributed by atoms with Gasteiger partial charge in [-0.25, -0.2) is 0 Å². The lowest BCUT2D eigenvalue weighted by molar-refractivity contribution is -0.122. The molecule has 118 valence electrons. The van der Waals surface area contributed by atoms with Gasteiger partial charge in [0.25, 0.3) is 0 Å². The second kappa shape index (κ2) is 10.2. The van der Waals surface area contributed by atoms with Crippen LogP contribution in [0.15, 0.2) is 24.3 Å². The Morgan fingerprint density at radius 3 is 2.90 bits per heavy atom. The van der Waals surface area contributed by atoms with E-state index in [2.05, 4.69) is 17.1 Å². The molecule has 0 radical (unpaired) electrons. The number of hydrogen-bond acceptors (Lipinski definition) is 4. The van der Waals surface area contributed by atoms with Gasteiger partial charge in [0, 0.05) is 32.5 Å². The maximum absolute atomic E-state index is 11.9. The summed E-state index contributed by atoms with van der Waals surface area (Å²) >= 11 is 0. The molecule has 0 heterocycles. The number of carbonyl (C=O) groups is 1. The lowest BCUT2D eigenvalue weighted by atomic mass is 10.2. The SMILES string of the molecule is CCCN(CC(=O)NCCCOC)Cc1cccc(N)c1. The van der Waals surface area contributed by atoms with E-state index in [1.54, 1.807) is 7.11 Å². The highest BCUT2D eigenvalue weighted by Crippen LogP contribution is 2.09. The van der Waals surface area contributed by atoms with E-state index in [0.29, 0.717) is 19.7 Å². The molecule has 0 aromatic heterocycles. The maximum atomic E-state index is 11.9. The van der Waals surface area contributed by atoms with Crippen LogP contribution in [0.2, 0.25) is 0 Å². The van der Waals surface area contributed by atoms with Crippen molar-refractivity contribution in [3.8, 4) is 0 Å². The minimum Gasteiger partial charge on any atom is -0.399 e. The Morgan fingerprint density at radius 2 is 2.24 bits per heavy atom. The number of benzene rings is 1. The molecule has 0 spiro atoms. The first kappa shape index (κ1) is 17.5. The number of hydrogen-bond donors (Lipinski definition) is 2. The van der Waals surface area contributed by atoms with Crippen molar-refractivity contribution in [3.63, 3.8) is 0 Å². The molecule has 0 aliphatic heterocycles. The minimum atomic E-state index is 0.0588. The fourth-order valence-electron chi connectivity index (χ4n) is 2.18. The molecule has 1 amide bonds. The normalized spacial score (nSPS) is 10.8. The number of nitrogens with two attached hydrogens (primary N) is 1. The summed E-state index contributed by atoms with van der Waals surface area (Å²) in [6.07, 6.45) is 1.85. The van der Waals surface area contributed by atoms with Crippen LogP contribution >= 0.6 is 0 Å². The van der Waals surface area contributed by atoms with Gasteiger partial charge in [-0.1, -0.05) is 19.1 Å². The Morgan fingerprint density at radius 1 is 1.43 bits per heavy atom. The van der Waals surface area contributed by atoms with Crippen LogP contribution in [-0.4, -0.2) is 44.2 Å². The standard InChI is InChI=1S/C16H27N3O2/c1-3-9-19(12-14-6-4-7-15(17)11-14)13-16(20)18-8-5-10-21-2/h4,6-7,11H,3,5,8-10,12-13,17H2,1-2H3,(H,18,20). The second-order valence-electron chi connectivity index (χ2n) is 5.15. The van der Waals surface area contributed by atoms with Crippen molar-refractivity contribution < 1.29 is 9.53 Å². The second-order valence-corrected chi connectivity index (χ2v) is 5.15. The van der Waals surface area contributed by atoms with Crippen molar-refractivity contribution in [3.05, 3.63) is 29.8 Å². The number of ether oxygens (including phenoxy) is 1. The number of methoxy groups -OCH3 is 1. The number of amides is 1. The van der Waals surface area contributed by atoms with Gasteiger partial charge >= 0.3 is 0 Å². The molecule has 3 N–H and O–H groups in total. The summed E-state index contributed by atoms with van der Waals surface area (Å²) in [5.41, 5.74) is 7.69. The number of carbonyl (C=O) groups excluding carboxylic acids is 1. The third kappa shape index (κ3) is 7.68. The van der Waals surface area contributed by atoms with E-state index in [1.165, 1.54) is 0 Å². The van der Waals surface area contributed by atoms with Gasteiger partial charge in [0.15, 0.2) is 0 Å². The quantitative estimate of drug-likeness (QED) is 0.508. The summed E-state index contributed by atoms with van der Waals surface area (Å²) in [5.74, 6) is 0.0588. The topological polar surface area (TPSA) is 67.6 Å². The third-order valence-electron chi connectivity index (χ3n) is 3.11. The van der Waals surface area contributed by atoms with E-state index >= 15 is 0 Å². The molecular formula is C16H27N3O2. The number of anilines is 1. The van der Waals surface area contributed by atoms with E-state index in [-0.39, 0.29) is 5.91 Å². The van der Waals surface area contributed by atoms with Crippen molar-refractivity contribution in [2.45, 2.75) is 26.3 Å². The van der Waals surface area contributed by atoms with Crippen molar-refractivity contribution >= 4 is 11.6 Å². The zero-order valence-electron chi connectivity index (χ0n) is 13.1. The van der Waals surface area contributed by atoms with E-state index in [9.17, 15) is 4.79 Å². The van der Waals surface area contributed by atoms with E-state index < -0.39 is 0 Å². The van der Waals surface area contributed by atoms with Crippen LogP contribution in [0.3, 0.4) is 0 Å². The van der Waals surface area contributed by atoms with Crippen LogP contribution in [0.5, 0.6) is 0 Å². The zero-order chi connectivity index (χ0) is 15.5. The summed E-state index contributed by atoms with van der Waals surface area (Å²) in [7, 11) is 1.66. The van der Waals surface area contributed by atoms with Gasteiger partial charge in [-0.15, -0.1) is 0 Å². The lowest BCUT2D eigenvalue weighted by Gasteiger charge is -2.21. The zero-order valence-corrected chi connectivity index (χ0v) is 13.1. The van der Waals surface area contributed by atoms with Gasteiger partial charge in [-0.2, -0.15) is 0 Å². The largest absolute Gasteiger partial charge is 0.399 e. The van der Waals surface area contributed by atoms with Crippen LogP contribution in [0.25, 0.3) is 0 Å². The van der Waals surface area contributed by atoms with E-state index in [0.717, 1.165) is 37.2 Å². The van der Waals surface area contributed by atoms with Crippen LogP contribution in [0, 0.1) is 0 Å². The van der Waals surface area contributed by atoms with Crippen LogP contribution < -0.4 is 11.1 Å². The molecule has 1 aromatic rings. The average molecular weight is 293 g/mol. The lowest BCUT2D eigenvalue weighted by Crippen LogP contribution is -2.37. The third-order valence-corrected chi connectivity index (χ3v) is 3.11. The monoisotopic (exact) mass is 293 g/mol. The summed E-state index contributed by atoms with van der Waals surface area (Å²) < 4.78 is 4.96. The summed E-state index contributed by atoms with van der Waals surface area (Å²) in [6.45, 7) is 5.48. The molecule has 0 aliphatic rings. The van der Waals surface area contributed by atoms with Crippen molar-refractivity contribution in [2.24, 2.45) is 0 Å². The van der Waals surface area contributed by atoms with Gasteiger partial charge in [-0.3, -0.25) is 9.69 Å². The molecule has 0 bridgehead atoms. The molecule has 0 atom stereocenters. The number of nitrogens with one attached hydrogen (secondary N) is 1. The molecule has 0 aliphatic carbocycles. The Labute approximate surface area is 127 Å². The fraction of sp³-hybridized carbons (Fsp3) is 0.562. The predicted octanol–water partition coefficient (Wildman–Crippen LogP) is 1.63. The molecule has 1 rings (SSSR count). The van der Waals surface area contributed by atoms with Crippen LogP contribution in [0.1, 0.15) is 25.3 Å². The fourth-order valence-corrected chi connectivity index (χ4v) is 2.18. The smallest absolute Gasteiger partial charge is 0.234 e. The molecule has 0 unspecified atom stereocenters. The first-order chi connectivity index (χ1) is 10.2. The molecule has 0 saturated heterocycles. The summed E-state index contributed by atoms with van der Waals surface area (Å²) in [6, 6.07) is 7.81. The van der Waals surface area contributed by atoms with Gasteiger partial charge in [0.2, 0.25) is 5.91 Å². The first-order valence-corrected chi connectivity index (χ1v) is 7.48. The number of nitrogen functional groups attached to an aromatic ring is 1. The summed E-state index contributed by atoms with van der Waals surface area (Å²) in [5, 5.41) is 2.92. The molecule has 21 heavy (non-hydrogen) atoms. The predicted molar refractivity (Wildman–Crippen MR) is 85.9 cm³/mol. The Hall–Kier alpha value is -1.59. The minimum absolute atomic E-state index is 0.0588. The maximum Gasteiger partial charge on any atom is 0.234 e. The van der Waals surface area contributed by atoms with Gasteiger partial charge in [-0.05, 0) is 37.1 Å².